The summed E-state index contributed by atoms with van der Waals surface area (Å²) in [7, 11) is 1.82. The molecule has 1 aromatic heterocycles. The Hall–Kier alpha value is -3.44. The molecule has 2 aromatic carbocycles. The Kier molecular flexibility index (Phi) is 7.43. The highest BCUT2D eigenvalue weighted by Gasteiger charge is 2.45. The molecule has 1 heterocycles. The van der Waals surface area contributed by atoms with Gasteiger partial charge in [-0.15, -0.1) is 0 Å². The van der Waals surface area contributed by atoms with Crippen LogP contribution in [0.1, 0.15) is 48.3 Å². The molecular weight excluding hydrogens is 448 g/mol. The Morgan fingerprint density at radius 1 is 1.09 bits per heavy atom. The molecular formula is C28H27ClN2O3. The second-order valence-corrected chi connectivity index (χ2v) is 9.03. The highest BCUT2D eigenvalue weighted by atomic mass is 35.5. The number of halogens is 1. The second kappa shape index (κ2) is 10.7. The van der Waals surface area contributed by atoms with Gasteiger partial charge in [0.1, 0.15) is 0 Å². The zero-order valence-electron chi connectivity index (χ0n) is 19.0. The minimum absolute atomic E-state index is 0.00839. The SMILES string of the molecule is CN(C(=O)C1CC1c1ccc(Cl)cc1)c1ccc(C(=CCCCC(=O)O)c2cccnc2)cc1. The van der Waals surface area contributed by atoms with E-state index in [-0.39, 0.29) is 24.2 Å². The molecule has 174 valence electrons. The van der Waals surface area contributed by atoms with Gasteiger partial charge in [0.25, 0.3) is 0 Å². The Bertz CT molecular complexity index is 1170. The largest absolute Gasteiger partial charge is 0.481 e. The van der Waals surface area contributed by atoms with Crippen molar-refractivity contribution in [1.82, 2.24) is 4.98 Å². The topological polar surface area (TPSA) is 70.5 Å². The van der Waals surface area contributed by atoms with E-state index in [1.807, 2.05) is 67.7 Å². The van der Waals surface area contributed by atoms with Crippen LogP contribution >= 0.6 is 11.6 Å². The number of aromatic nitrogens is 1. The van der Waals surface area contributed by atoms with Gasteiger partial charge in [0, 0.05) is 48.1 Å². The summed E-state index contributed by atoms with van der Waals surface area (Å²) < 4.78 is 0. The van der Waals surface area contributed by atoms with Crippen molar-refractivity contribution in [3.63, 3.8) is 0 Å². The normalized spacial score (nSPS) is 17.3. The maximum atomic E-state index is 13.1. The van der Waals surface area contributed by atoms with E-state index in [9.17, 15) is 9.59 Å². The van der Waals surface area contributed by atoms with Gasteiger partial charge in [-0.2, -0.15) is 0 Å². The lowest BCUT2D eigenvalue weighted by molar-refractivity contribution is -0.137. The fourth-order valence-electron chi connectivity index (χ4n) is 4.21. The van der Waals surface area contributed by atoms with Crippen LogP contribution in [0.5, 0.6) is 0 Å². The molecule has 5 nitrogen and oxygen atoms in total. The maximum Gasteiger partial charge on any atom is 0.303 e. The number of carboxylic acids is 1. The van der Waals surface area contributed by atoms with E-state index in [2.05, 4.69) is 11.1 Å². The summed E-state index contributed by atoms with van der Waals surface area (Å²) in [5.74, 6) is -0.435. The van der Waals surface area contributed by atoms with Gasteiger partial charge < -0.3 is 10.0 Å². The average molecular weight is 475 g/mol. The Balaban J connectivity index is 1.47. The van der Waals surface area contributed by atoms with Crippen LogP contribution in [0.3, 0.4) is 0 Å². The first-order valence-corrected chi connectivity index (χ1v) is 11.8. The number of unbranched alkanes of at least 4 members (excludes halogenated alkanes) is 1. The number of carbonyl (C=O) groups is 2. The van der Waals surface area contributed by atoms with Gasteiger partial charge in [0.05, 0.1) is 0 Å². The molecule has 0 saturated heterocycles. The molecule has 1 aliphatic rings. The minimum Gasteiger partial charge on any atom is -0.481 e. The van der Waals surface area contributed by atoms with E-state index in [1.165, 1.54) is 0 Å². The first-order chi connectivity index (χ1) is 16.4. The molecule has 4 rings (SSSR count). The van der Waals surface area contributed by atoms with Crippen LogP contribution in [-0.2, 0) is 9.59 Å². The molecule has 0 radical (unpaired) electrons. The zero-order valence-corrected chi connectivity index (χ0v) is 19.8. The molecule has 1 saturated carbocycles. The minimum atomic E-state index is -0.789. The van der Waals surface area contributed by atoms with Gasteiger partial charge in [0.2, 0.25) is 5.91 Å². The number of benzene rings is 2. The third kappa shape index (κ3) is 5.72. The van der Waals surface area contributed by atoms with Gasteiger partial charge in [-0.3, -0.25) is 14.6 Å². The number of hydrogen-bond donors (Lipinski definition) is 1. The molecule has 2 atom stereocenters. The number of rotatable bonds is 9. The highest BCUT2D eigenvalue weighted by molar-refractivity contribution is 6.30. The molecule has 6 heteroatoms. The number of nitrogens with zero attached hydrogens (tertiary/aromatic N) is 2. The summed E-state index contributed by atoms with van der Waals surface area (Å²) in [6.45, 7) is 0. The number of hydrogen-bond acceptors (Lipinski definition) is 3. The lowest BCUT2D eigenvalue weighted by Crippen LogP contribution is -2.28. The van der Waals surface area contributed by atoms with Crippen molar-refractivity contribution >= 4 is 34.7 Å². The van der Waals surface area contributed by atoms with Crippen molar-refractivity contribution in [2.45, 2.75) is 31.6 Å². The van der Waals surface area contributed by atoms with Crippen molar-refractivity contribution in [1.29, 1.82) is 0 Å². The lowest BCUT2D eigenvalue weighted by atomic mass is 9.97. The van der Waals surface area contributed by atoms with Crippen molar-refractivity contribution in [3.05, 3.63) is 101 Å². The highest BCUT2D eigenvalue weighted by Crippen LogP contribution is 2.48. The van der Waals surface area contributed by atoms with E-state index >= 15 is 0 Å². The van der Waals surface area contributed by atoms with Crippen LogP contribution in [0.15, 0.2) is 79.1 Å². The van der Waals surface area contributed by atoms with E-state index in [1.54, 1.807) is 17.3 Å². The third-order valence-electron chi connectivity index (χ3n) is 6.22. The van der Waals surface area contributed by atoms with Crippen molar-refractivity contribution in [2.24, 2.45) is 5.92 Å². The van der Waals surface area contributed by atoms with Crippen molar-refractivity contribution in [3.8, 4) is 0 Å². The molecule has 2 unspecified atom stereocenters. The van der Waals surface area contributed by atoms with Gasteiger partial charge >= 0.3 is 5.97 Å². The Morgan fingerprint density at radius 3 is 2.47 bits per heavy atom. The molecule has 0 bridgehead atoms. The first kappa shape index (κ1) is 23.7. The molecule has 34 heavy (non-hydrogen) atoms. The predicted molar refractivity (Wildman–Crippen MR) is 135 cm³/mol. The number of allylic oxidation sites excluding steroid dienone is 1. The standard InChI is InChI=1S/C28H27ClN2O3/c1-31(28(34)26-17-25(26)20-8-12-22(29)13-9-20)23-14-10-19(11-15-23)24(6-2-3-7-27(32)33)21-5-4-16-30-18-21/h4-6,8-16,18,25-26H,2-3,7,17H2,1H3,(H,32,33). The smallest absolute Gasteiger partial charge is 0.303 e. The molecule has 1 N–H and O–H groups in total. The Morgan fingerprint density at radius 2 is 1.82 bits per heavy atom. The van der Waals surface area contributed by atoms with Crippen LogP contribution in [0, 0.1) is 5.92 Å². The fraction of sp³-hybridized carbons (Fsp3) is 0.250. The summed E-state index contributed by atoms with van der Waals surface area (Å²) in [6, 6.07) is 19.5. The van der Waals surface area contributed by atoms with Crippen molar-refractivity contribution in [2.75, 3.05) is 11.9 Å². The van der Waals surface area contributed by atoms with Gasteiger partial charge in [-0.05, 0) is 72.2 Å². The fourth-order valence-corrected chi connectivity index (χ4v) is 4.34. The molecule has 3 aromatic rings. The first-order valence-electron chi connectivity index (χ1n) is 11.4. The molecule has 1 amide bonds. The number of carbonyl (C=O) groups excluding carboxylic acids is 1. The average Bonchev–Trinajstić information content (AvgIpc) is 3.65. The van der Waals surface area contributed by atoms with E-state index in [0.717, 1.165) is 34.4 Å². The number of anilines is 1. The number of aliphatic carboxylic acids is 1. The molecule has 1 fully saturated rings. The van der Waals surface area contributed by atoms with Crippen LogP contribution in [0.2, 0.25) is 5.02 Å². The lowest BCUT2D eigenvalue weighted by Gasteiger charge is -2.18. The summed E-state index contributed by atoms with van der Waals surface area (Å²) in [5.41, 5.74) is 4.97. The summed E-state index contributed by atoms with van der Waals surface area (Å²) in [6.07, 6.45) is 7.81. The van der Waals surface area contributed by atoms with E-state index in [4.69, 9.17) is 16.7 Å². The number of amides is 1. The summed E-state index contributed by atoms with van der Waals surface area (Å²) in [5, 5.41) is 9.61. The van der Waals surface area contributed by atoms with Crippen LogP contribution in [-0.4, -0.2) is 29.0 Å². The number of pyridine rings is 1. The maximum absolute atomic E-state index is 13.1. The zero-order chi connectivity index (χ0) is 24.1. The molecule has 1 aliphatic carbocycles. The second-order valence-electron chi connectivity index (χ2n) is 8.59. The quantitative estimate of drug-likeness (QED) is 0.375. The molecule has 0 spiro atoms. The Labute approximate surface area is 204 Å². The van der Waals surface area contributed by atoms with Crippen molar-refractivity contribution < 1.29 is 14.7 Å². The van der Waals surface area contributed by atoms with Gasteiger partial charge in [-0.1, -0.05) is 48.0 Å². The van der Waals surface area contributed by atoms with Gasteiger partial charge in [-0.25, -0.2) is 0 Å². The van der Waals surface area contributed by atoms with E-state index in [0.29, 0.717) is 17.9 Å². The summed E-state index contributed by atoms with van der Waals surface area (Å²) >= 11 is 5.98. The third-order valence-corrected chi connectivity index (χ3v) is 6.47. The number of carboxylic acid groups (broad SMARTS) is 1. The molecule has 0 aliphatic heterocycles. The van der Waals surface area contributed by atoms with Crippen LogP contribution in [0.4, 0.5) is 5.69 Å². The summed E-state index contributed by atoms with van der Waals surface area (Å²) in [4.78, 5) is 29.8. The van der Waals surface area contributed by atoms with Crippen LogP contribution in [0.25, 0.3) is 5.57 Å². The van der Waals surface area contributed by atoms with Gasteiger partial charge in [0.15, 0.2) is 0 Å². The monoisotopic (exact) mass is 474 g/mol. The predicted octanol–water partition coefficient (Wildman–Crippen LogP) is 6.19. The van der Waals surface area contributed by atoms with E-state index < -0.39 is 5.97 Å². The van der Waals surface area contributed by atoms with Crippen LogP contribution < -0.4 is 4.90 Å².